The number of piperidine rings is 1. The Balaban J connectivity index is 0.00000264. The minimum atomic E-state index is -0.0569. The van der Waals surface area contributed by atoms with Crippen LogP contribution in [0.25, 0.3) is 0 Å². The van der Waals surface area contributed by atoms with E-state index in [1.807, 2.05) is 0 Å². The summed E-state index contributed by atoms with van der Waals surface area (Å²) in [5, 5.41) is 3.86. The zero-order valence-electron chi connectivity index (χ0n) is 13.2. The highest BCUT2D eigenvalue weighted by Gasteiger charge is 2.25. The molecule has 0 saturated carbocycles. The first-order valence-electron chi connectivity index (χ1n) is 7.68. The molecular formula is C16H24Cl3N3O. The summed E-state index contributed by atoms with van der Waals surface area (Å²) in [4.78, 5) is 14.4. The average Bonchev–Trinajstić information content (AvgIpc) is 2.49. The van der Waals surface area contributed by atoms with Crippen LogP contribution < -0.4 is 11.1 Å². The van der Waals surface area contributed by atoms with Crippen molar-refractivity contribution in [2.24, 2.45) is 11.7 Å². The van der Waals surface area contributed by atoms with Crippen molar-refractivity contribution in [3.05, 3.63) is 28.2 Å². The van der Waals surface area contributed by atoms with E-state index in [1.165, 1.54) is 0 Å². The average molecular weight is 381 g/mol. The quantitative estimate of drug-likeness (QED) is 0.816. The number of nitrogens with two attached hydrogens (primary N) is 1. The summed E-state index contributed by atoms with van der Waals surface area (Å²) in [6, 6.07) is 5.41. The van der Waals surface area contributed by atoms with Gasteiger partial charge in [-0.1, -0.05) is 30.1 Å². The van der Waals surface area contributed by atoms with Crippen LogP contribution in [0.1, 0.15) is 26.2 Å². The smallest absolute Gasteiger partial charge is 0.225 e. The second-order valence-corrected chi connectivity index (χ2v) is 6.82. The lowest BCUT2D eigenvalue weighted by Crippen LogP contribution is -2.47. The number of anilines is 1. The fourth-order valence-electron chi connectivity index (χ4n) is 2.89. The third kappa shape index (κ3) is 6.12. The molecule has 0 radical (unpaired) electrons. The van der Waals surface area contributed by atoms with Crippen LogP contribution in [0.4, 0.5) is 5.69 Å². The van der Waals surface area contributed by atoms with E-state index >= 15 is 0 Å². The molecule has 0 aliphatic carbocycles. The van der Waals surface area contributed by atoms with Gasteiger partial charge >= 0.3 is 0 Å². The van der Waals surface area contributed by atoms with Gasteiger partial charge < -0.3 is 11.1 Å². The molecule has 2 unspecified atom stereocenters. The number of hydrogen-bond acceptors (Lipinski definition) is 3. The molecule has 1 fully saturated rings. The van der Waals surface area contributed by atoms with E-state index in [9.17, 15) is 4.79 Å². The van der Waals surface area contributed by atoms with E-state index in [0.717, 1.165) is 25.9 Å². The van der Waals surface area contributed by atoms with E-state index in [4.69, 9.17) is 28.9 Å². The second-order valence-electron chi connectivity index (χ2n) is 5.98. The zero-order chi connectivity index (χ0) is 16.1. The number of nitrogens with one attached hydrogen (secondary N) is 1. The first-order valence-corrected chi connectivity index (χ1v) is 8.44. The Hall–Kier alpha value is -0.520. The fraction of sp³-hybridized carbons (Fsp3) is 0.562. The third-order valence-electron chi connectivity index (χ3n) is 4.20. The lowest BCUT2D eigenvalue weighted by molar-refractivity contribution is -0.116. The summed E-state index contributed by atoms with van der Waals surface area (Å²) in [5.74, 6) is 0.655. The molecule has 3 N–H and O–H groups in total. The Bertz CT molecular complexity index is 527. The largest absolute Gasteiger partial charge is 0.329 e. The van der Waals surface area contributed by atoms with Gasteiger partial charge in [-0.05, 0) is 43.5 Å². The highest BCUT2D eigenvalue weighted by atomic mass is 35.5. The van der Waals surface area contributed by atoms with Crippen LogP contribution in [-0.4, -0.2) is 36.5 Å². The molecule has 0 bridgehead atoms. The molecule has 23 heavy (non-hydrogen) atoms. The van der Waals surface area contributed by atoms with E-state index in [-0.39, 0.29) is 18.3 Å². The molecule has 1 aromatic rings. The SMILES string of the molecule is CC1CCN(CCC(=O)Nc2cc(Cl)ccc2Cl)C(CN)C1.Cl. The summed E-state index contributed by atoms with van der Waals surface area (Å²) < 4.78 is 0. The Kier molecular flexibility index (Phi) is 8.65. The molecular weight excluding hydrogens is 357 g/mol. The van der Waals surface area contributed by atoms with E-state index in [2.05, 4.69) is 17.1 Å². The van der Waals surface area contributed by atoms with Crippen LogP contribution in [-0.2, 0) is 4.79 Å². The van der Waals surface area contributed by atoms with Gasteiger partial charge in [-0.2, -0.15) is 0 Å². The normalized spacial score (nSPS) is 21.6. The van der Waals surface area contributed by atoms with Gasteiger partial charge in [-0.25, -0.2) is 0 Å². The first-order chi connectivity index (χ1) is 10.5. The minimum absolute atomic E-state index is 0. The zero-order valence-corrected chi connectivity index (χ0v) is 15.6. The second kappa shape index (κ2) is 9.70. The number of rotatable bonds is 5. The van der Waals surface area contributed by atoms with E-state index < -0.39 is 0 Å². The van der Waals surface area contributed by atoms with Crippen molar-refractivity contribution in [1.82, 2.24) is 4.90 Å². The fourth-order valence-corrected chi connectivity index (χ4v) is 3.23. The summed E-state index contributed by atoms with van der Waals surface area (Å²) in [7, 11) is 0. The molecule has 1 aliphatic rings. The lowest BCUT2D eigenvalue weighted by Gasteiger charge is -2.37. The summed E-state index contributed by atoms with van der Waals surface area (Å²) >= 11 is 12.0. The molecule has 7 heteroatoms. The Morgan fingerprint density at radius 2 is 2.17 bits per heavy atom. The molecule has 1 aromatic carbocycles. The topological polar surface area (TPSA) is 58.4 Å². The van der Waals surface area contributed by atoms with Crippen molar-refractivity contribution >= 4 is 47.2 Å². The molecule has 2 rings (SSSR count). The van der Waals surface area contributed by atoms with Gasteiger partial charge in [0.2, 0.25) is 5.91 Å². The Morgan fingerprint density at radius 1 is 1.43 bits per heavy atom. The number of amides is 1. The van der Waals surface area contributed by atoms with Crippen LogP contribution in [0.3, 0.4) is 0 Å². The number of benzene rings is 1. The van der Waals surface area contributed by atoms with Crippen LogP contribution in [0.5, 0.6) is 0 Å². The number of carbonyl (C=O) groups excluding carboxylic acids is 1. The monoisotopic (exact) mass is 379 g/mol. The van der Waals surface area contributed by atoms with Crippen molar-refractivity contribution in [3.8, 4) is 0 Å². The Labute approximate surface area is 154 Å². The standard InChI is InChI=1S/C16H23Cl2N3O.ClH/c1-11-4-6-21(13(8-11)10-19)7-5-16(22)20-15-9-12(17)2-3-14(15)18;/h2-3,9,11,13H,4-8,10,19H2,1H3,(H,20,22);1H. The molecule has 1 aliphatic heterocycles. The highest BCUT2D eigenvalue weighted by Crippen LogP contribution is 2.26. The van der Waals surface area contributed by atoms with Crippen molar-refractivity contribution in [3.63, 3.8) is 0 Å². The minimum Gasteiger partial charge on any atom is -0.329 e. The number of hydrogen-bond donors (Lipinski definition) is 2. The van der Waals surface area contributed by atoms with Crippen LogP contribution in [0, 0.1) is 5.92 Å². The molecule has 4 nitrogen and oxygen atoms in total. The van der Waals surface area contributed by atoms with Crippen molar-refractivity contribution in [1.29, 1.82) is 0 Å². The maximum atomic E-state index is 12.1. The number of nitrogens with zero attached hydrogens (tertiary/aromatic N) is 1. The maximum absolute atomic E-state index is 12.1. The number of likely N-dealkylation sites (tertiary alicyclic amines) is 1. The summed E-state index contributed by atoms with van der Waals surface area (Å²) in [5.41, 5.74) is 6.41. The Morgan fingerprint density at radius 3 is 2.87 bits per heavy atom. The van der Waals surface area contributed by atoms with Gasteiger partial charge in [-0.15, -0.1) is 12.4 Å². The van der Waals surface area contributed by atoms with Gasteiger partial charge in [-0.3, -0.25) is 9.69 Å². The predicted octanol–water partition coefficient (Wildman–Crippen LogP) is 3.80. The van der Waals surface area contributed by atoms with E-state index in [0.29, 0.717) is 40.7 Å². The molecule has 2 atom stereocenters. The van der Waals surface area contributed by atoms with Gasteiger partial charge in [0.15, 0.2) is 0 Å². The van der Waals surface area contributed by atoms with Crippen LogP contribution in [0.15, 0.2) is 18.2 Å². The predicted molar refractivity (Wildman–Crippen MR) is 99.8 cm³/mol. The van der Waals surface area contributed by atoms with Gasteiger partial charge in [0, 0.05) is 30.6 Å². The molecule has 1 amide bonds. The number of carbonyl (C=O) groups is 1. The third-order valence-corrected chi connectivity index (χ3v) is 4.77. The van der Waals surface area contributed by atoms with Gasteiger partial charge in [0.25, 0.3) is 0 Å². The molecule has 130 valence electrons. The van der Waals surface area contributed by atoms with E-state index in [1.54, 1.807) is 18.2 Å². The van der Waals surface area contributed by atoms with Gasteiger partial charge in [0.1, 0.15) is 0 Å². The molecule has 0 spiro atoms. The van der Waals surface area contributed by atoms with Crippen molar-refractivity contribution in [2.75, 3.05) is 25.0 Å². The maximum Gasteiger partial charge on any atom is 0.225 e. The molecule has 1 saturated heterocycles. The first kappa shape index (κ1) is 20.5. The lowest BCUT2D eigenvalue weighted by atomic mass is 9.92. The highest BCUT2D eigenvalue weighted by molar-refractivity contribution is 6.35. The number of halogens is 3. The van der Waals surface area contributed by atoms with Crippen molar-refractivity contribution < 1.29 is 4.79 Å². The van der Waals surface area contributed by atoms with Gasteiger partial charge in [0.05, 0.1) is 10.7 Å². The van der Waals surface area contributed by atoms with Crippen LogP contribution in [0.2, 0.25) is 10.0 Å². The summed E-state index contributed by atoms with van der Waals surface area (Å²) in [6.07, 6.45) is 2.70. The summed E-state index contributed by atoms with van der Waals surface area (Å²) in [6.45, 7) is 4.63. The molecule has 0 aromatic heterocycles. The van der Waals surface area contributed by atoms with Crippen molar-refractivity contribution in [2.45, 2.75) is 32.2 Å². The van der Waals surface area contributed by atoms with Crippen LogP contribution >= 0.6 is 35.6 Å². The molecule has 1 heterocycles.